The second-order valence-electron chi connectivity index (χ2n) is 5.34. The van der Waals surface area contributed by atoms with E-state index < -0.39 is 0 Å². The molecule has 1 saturated carbocycles. The van der Waals surface area contributed by atoms with Gasteiger partial charge in [0.25, 0.3) is 0 Å². The number of rotatable bonds is 8. The lowest BCUT2D eigenvalue weighted by Crippen LogP contribution is -2.29. The molecule has 4 heteroatoms. The third-order valence-corrected chi connectivity index (χ3v) is 3.70. The first-order valence-electron chi connectivity index (χ1n) is 7.28. The molecule has 2 N–H and O–H groups in total. The number of nitrogens with one attached hydrogen (secondary N) is 1. The highest BCUT2D eigenvalue weighted by atomic mass is 16.5. The molecule has 1 amide bonds. The van der Waals surface area contributed by atoms with Crippen molar-refractivity contribution < 1.29 is 14.6 Å². The third kappa shape index (κ3) is 4.23. The van der Waals surface area contributed by atoms with Crippen molar-refractivity contribution in [2.24, 2.45) is 5.92 Å². The molecule has 0 aliphatic heterocycles. The summed E-state index contributed by atoms with van der Waals surface area (Å²) in [4.78, 5) is 11.9. The summed E-state index contributed by atoms with van der Waals surface area (Å²) in [6, 6.07) is 8.03. The number of benzene rings is 1. The summed E-state index contributed by atoms with van der Waals surface area (Å²) in [7, 11) is 1.65. The van der Waals surface area contributed by atoms with Crippen LogP contribution in [-0.2, 0) is 4.79 Å². The number of ether oxygens (including phenoxy) is 1. The molecule has 1 aliphatic carbocycles. The lowest BCUT2D eigenvalue weighted by atomic mass is 10.0. The third-order valence-electron chi connectivity index (χ3n) is 3.70. The predicted octanol–water partition coefficient (Wildman–Crippen LogP) is 2.43. The molecule has 0 aromatic heterocycles. The molecule has 1 aliphatic rings. The molecule has 1 aromatic carbocycles. The molecule has 110 valence electrons. The summed E-state index contributed by atoms with van der Waals surface area (Å²) in [6.07, 6.45) is 4.26. The Morgan fingerprint density at radius 3 is 2.60 bits per heavy atom. The summed E-state index contributed by atoms with van der Waals surface area (Å²) >= 11 is 0. The van der Waals surface area contributed by atoms with Gasteiger partial charge in [-0.2, -0.15) is 0 Å². The van der Waals surface area contributed by atoms with E-state index in [0.29, 0.717) is 18.8 Å². The first-order valence-corrected chi connectivity index (χ1v) is 7.28. The monoisotopic (exact) mass is 277 g/mol. The van der Waals surface area contributed by atoms with Crippen molar-refractivity contribution in [3.63, 3.8) is 0 Å². The summed E-state index contributed by atoms with van der Waals surface area (Å²) in [5.74, 6) is 1.47. The number of unbranched alkanes of at least 4 members (excludes halogenated alkanes) is 1. The van der Waals surface area contributed by atoms with Crippen molar-refractivity contribution in [2.75, 3.05) is 13.7 Å². The normalized spacial score (nSPS) is 15.7. The Bertz CT molecular complexity index is 426. The molecule has 1 unspecified atom stereocenters. The number of methoxy groups -OCH3 is 1. The van der Waals surface area contributed by atoms with Crippen molar-refractivity contribution in [1.82, 2.24) is 5.32 Å². The van der Waals surface area contributed by atoms with Crippen molar-refractivity contribution in [3.05, 3.63) is 29.8 Å². The zero-order valence-electron chi connectivity index (χ0n) is 12.0. The number of hydrogen-bond donors (Lipinski definition) is 2. The lowest BCUT2D eigenvalue weighted by molar-refractivity contribution is -0.122. The molecular formula is C16H23NO3. The molecule has 0 spiro atoms. The average Bonchev–Trinajstić information content (AvgIpc) is 3.30. The van der Waals surface area contributed by atoms with Crippen LogP contribution in [0, 0.1) is 5.92 Å². The molecule has 4 nitrogen and oxygen atoms in total. The second kappa shape index (κ2) is 7.29. The molecule has 0 saturated heterocycles. The number of amides is 1. The maximum atomic E-state index is 11.9. The molecular weight excluding hydrogens is 254 g/mol. The minimum absolute atomic E-state index is 0.0752. The molecule has 0 heterocycles. The maximum Gasteiger partial charge on any atom is 0.220 e. The van der Waals surface area contributed by atoms with Gasteiger partial charge in [-0.05, 0) is 49.3 Å². The maximum absolute atomic E-state index is 11.9. The number of aliphatic hydroxyl groups is 1. The zero-order chi connectivity index (χ0) is 14.4. The van der Waals surface area contributed by atoms with E-state index in [1.54, 1.807) is 7.11 Å². The highest BCUT2D eigenvalue weighted by Gasteiger charge is 2.33. The van der Waals surface area contributed by atoms with Crippen LogP contribution in [0.3, 0.4) is 0 Å². The van der Waals surface area contributed by atoms with Crippen LogP contribution in [0.15, 0.2) is 24.3 Å². The van der Waals surface area contributed by atoms with Gasteiger partial charge in [0.2, 0.25) is 5.91 Å². The van der Waals surface area contributed by atoms with Crippen LogP contribution in [0.5, 0.6) is 5.75 Å². The van der Waals surface area contributed by atoms with Crippen molar-refractivity contribution in [3.8, 4) is 5.75 Å². The van der Waals surface area contributed by atoms with Crippen LogP contribution in [-0.4, -0.2) is 24.7 Å². The molecule has 2 rings (SSSR count). The lowest BCUT2D eigenvalue weighted by Gasteiger charge is -2.19. The number of carbonyl (C=O) groups is 1. The van der Waals surface area contributed by atoms with Crippen LogP contribution in [0.4, 0.5) is 0 Å². The van der Waals surface area contributed by atoms with Gasteiger partial charge < -0.3 is 15.2 Å². The van der Waals surface area contributed by atoms with E-state index in [0.717, 1.165) is 17.7 Å². The van der Waals surface area contributed by atoms with Gasteiger partial charge in [0.1, 0.15) is 5.75 Å². The smallest absolute Gasteiger partial charge is 0.220 e. The van der Waals surface area contributed by atoms with Gasteiger partial charge in [-0.15, -0.1) is 0 Å². The van der Waals surface area contributed by atoms with Gasteiger partial charge >= 0.3 is 0 Å². The highest BCUT2D eigenvalue weighted by Crippen LogP contribution is 2.41. The number of carbonyl (C=O) groups excluding carboxylic acids is 1. The van der Waals surface area contributed by atoms with Gasteiger partial charge in [0, 0.05) is 13.0 Å². The molecule has 1 fully saturated rings. The first-order chi connectivity index (χ1) is 9.74. The van der Waals surface area contributed by atoms with Crippen LogP contribution < -0.4 is 10.1 Å². The standard InChI is InChI=1S/C16H23NO3/c1-20-14-9-7-13(8-10-14)16(12-5-6-12)17-15(19)4-2-3-11-18/h7-10,12,16,18H,2-6,11H2,1H3,(H,17,19). The first kappa shape index (κ1) is 14.9. The predicted molar refractivity (Wildman–Crippen MR) is 77.5 cm³/mol. The molecule has 20 heavy (non-hydrogen) atoms. The summed E-state index contributed by atoms with van der Waals surface area (Å²) in [5, 5.41) is 11.9. The van der Waals surface area contributed by atoms with Crippen LogP contribution in [0.1, 0.15) is 43.7 Å². The van der Waals surface area contributed by atoms with Gasteiger partial charge in [-0.25, -0.2) is 0 Å². The highest BCUT2D eigenvalue weighted by molar-refractivity contribution is 5.76. The molecule has 1 atom stereocenters. The Hall–Kier alpha value is -1.55. The van der Waals surface area contributed by atoms with E-state index in [4.69, 9.17) is 9.84 Å². The minimum Gasteiger partial charge on any atom is -0.497 e. The Labute approximate surface area is 120 Å². The summed E-state index contributed by atoms with van der Waals surface area (Å²) < 4.78 is 5.16. The van der Waals surface area contributed by atoms with Crippen molar-refractivity contribution >= 4 is 5.91 Å². The van der Waals surface area contributed by atoms with E-state index in [2.05, 4.69) is 5.32 Å². The molecule has 1 aromatic rings. The van der Waals surface area contributed by atoms with E-state index in [9.17, 15) is 4.79 Å². The SMILES string of the molecule is COc1ccc(C(NC(=O)CCCCO)C2CC2)cc1. The number of aliphatic hydroxyl groups excluding tert-OH is 1. The minimum atomic E-state index is 0.0752. The Morgan fingerprint density at radius 1 is 1.35 bits per heavy atom. The quantitative estimate of drug-likeness (QED) is 0.717. The van der Waals surface area contributed by atoms with Gasteiger partial charge in [0.15, 0.2) is 0 Å². The van der Waals surface area contributed by atoms with E-state index in [1.807, 2.05) is 24.3 Å². The Kier molecular flexibility index (Phi) is 5.41. The average molecular weight is 277 g/mol. The fourth-order valence-electron chi connectivity index (χ4n) is 2.36. The van der Waals surface area contributed by atoms with Crippen molar-refractivity contribution in [1.29, 1.82) is 0 Å². The topological polar surface area (TPSA) is 58.6 Å². The second-order valence-corrected chi connectivity index (χ2v) is 5.34. The van der Waals surface area contributed by atoms with E-state index in [-0.39, 0.29) is 18.6 Å². The Balaban J connectivity index is 1.94. The van der Waals surface area contributed by atoms with Crippen LogP contribution in [0.25, 0.3) is 0 Å². The van der Waals surface area contributed by atoms with Gasteiger partial charge in [-0.3, -0.25) is 4.79 Å². The van der Waals surface area contributed by atoms with Gasteiger partial charge in [-0.1, -0.05) is 12.1 Å². The summed E-state index contributed by atoms with van der Waals surface area (Å²) in [6.45, 7) is 0.151. The fourth-order valence-corrected chi connectivity index (χ4v) is 2.36. The molecule has 0 radical (unpaired) electrons. The fraction of sp³-hybridized carbons (Fsp3) is 0.562. The molecule has 0 bridgehead atoms. The summed E-state index contributed by atoms with van der Waals surface area (Å²) in [5.41, 5.74) is 1.14. The van der Waals surface area contributed by atoms with Crippen LogP contribution >= 0.6 is 0 Å². The van der Waals surface area contributed by atoms with Crippen LogP contribution in [0.2, 0.25) is 0 Å². The van der Waals surface area contributed by atoms with Gasteiger partial charge in [0.05, 0.1) is 13.2 Å². The zero-order valence-corrected chi connectivity index (χ0v) is 12.0. The van der Waals surface area contributed by atoms with E-state index in [1.165, 1.54) is 12.8 Å². The largest absolute Gasteiger partial charge is 0.497 e. The number of hydrogen-bond acceptors (Lipinski definition) is 3. The Morgan fingerprint density at radius 2 is 2.05 bits per heavy atom. The van der Waals surface area contributed by atoms with E-state index >= 15 is 0 Å². The van der Waals surface area contributed by atoms with Crippen molar-refractivity contribution in [2.45, 2.75) is 38.1 Å².